The third-order valence-corrected chi connectivity index (χ3v) is 1.72. The Labute approximate surface area is 95.6 Å². The van der Waals surface area contributed by atoms with E-state index in [0.29, 0.717) is 12.5 Å². The number of hydrogen-bond acceptors (Lipinski definition) is 4. The maximum absolute atomic E-state index is 11.3. The van der Waals surface area contributed by atoms with Gasteiger partial charge in [-0.05, 0) is 5.92 Å². The summed E-state index contributed by atoms with van der Waals surface area (Å²) in [5, 5.41) is 11.1. The van der Waals surface area contributed by atoms with Gasteiger partial charge >= 0.3 is 6.09 Å². The van der Waals surface area contributed by atoms with Gasteiger partial charge in [0.1, 0.15) is 13.2 Å². The molecule has 6 heteroatoms. The van der Waals surface area contributed by atoms with Crippen molar-refractivity contribution >= 4 is 12.0 Å². The summed E-state index contributed by atoms with van der Waals surface area (Å²) < 4.78 is 4.64. The molecule has 0 aromatic rings. The minimum Gasteiger partial charge on any atom is -0.447 e. The molecule has 0 unspecified atom stereocenters. The number of hydrogen-bond donors (Lipinski definition) is 2. The quantitative estimate of drug-likeness (QED) is 0.666. The van der Waals surface area contributed by atoms with Crippen molar-refractivity contribution in [2.75, 3.05) is 33.4 Å². The molecule has 2 amide bonds. The predicted octanol–water partition coefficient (Wildman–Crippen LogP) is -0.181. The highest BCUT2D eigenvalue weighted by molar-refractivity contribution is 5.82. The molecule has 2 N–H and O–H groups in total. The second-order valence-corrected chi connectivity index (χ2v) is 3.89. The van der Waals surface area contributed by atoms with Crippen molar-refractivity contribution in [1.82, 2.24) is 10.2 Å². The van der Waals surface area contributed by atoms with Gasteiger partial charge in [0.15, 0.2) is 0 Å². The van der Waals surface area contributed by atoms with Crippen LogP contribution in [0.5, 0.6) is 0 Å². The number of nitrogens with zero attached hydrogens (tertiary/aromatic N) is 1. The average Bonchev–Trinajstić information content (AvgIpc) is 2.22. The zero-order chi connectivity index (χ0) is 12.6. The highest BCUT2D eigenvalue weighted by Gasteiger charge is 2.13. The lowest BCUT2D eigenvalue weighted by molar-refractivity contribution is -0.121. The van der Waals surface area contributed by atoms with E-state index in [1.807, 2.05) is 13.8 Å². The molecule has 0 aliphatic carbocycles. The van der Waals surface area contributed by atoms with Gasteiger partial charge in [-0.15, -0.1) is 0 Å². The van der Waals surface area contributed by atoms with E-state index in [1.54, 1.807) is 0 Å². The van der Waals surface area contributed by atoms with E-state index in [9.17, 15) is 9.59 Å². The van der Waals surface area contributed by atoms with Crippen LogP contribution in [-0.4, -0.2) is 55.4 Å². The summed E-state index contributed by atoms with van der Waals surface area (Å²) in [7, 11) is 1.47. The van der Waals surface area contributed by atoms with Crippen molar-refractivity contribution in [3.8, 4) is 0 Å². The lowest BCUT2D eigenvalue weighted by Crippen LogP contribution is -2.39. The van der Waals surface area contributed by atoms with E-state index >= 15 is 0 Å². The molecule has 0 aromatic heterocycles. The van der Waals surface area contributed by atoms with Crippen LogP contribution in [0.25, 0.3) is 0 Å². The normalized spacial score (nSPS) is 10.1. The SMILES string of the molecule is CC(C)CNC(=O)CN(C)C(=O)OCCO. The Hall–Kier alpha value is -1.30. The molecular formula is C10H20N2O4. The van der Waals surface area contributed by atoms with Crippen LogP contribution < -0.4 is 5.32 Å². The van der Waals surface area contributed by atoms with Crippen molar-refractivity contribution in [3.63, 3.8) is 0 Å². The Morgan fingerprint density at radius 1 is 1.44 bits per heavy atom. The third kappa shape index (κ3) is 7.05. The van der Waals surface area contributed by atoms with Crippen molar-refractivity contribution < 1.29 is 19.4 Å². The first-order valence-electron chi connectivity index (χ1n) is 5.22. The topological polar surface area (TPSA) is 78.9 Å². The number of rotatable bonds is 6. The highest BCUT2D eigenvalue weighted by atomic mass is 16.6. The first-order valence-corrected chi connectivity index (χ1v) is 5.22. The molecule has 0 fully saturated rings. The number of likely N-dealkylation sites (N-methyl/N-ethyl adjacent to an activating group) is 1. The van der Waals surface area contributed by atoms with Gasteiger partial charge in [0.2, 0.25) is 5.91 Å². The van der Waals surface area contributed by atoms with Gasteiger partial charge in [0, 0.05) is 13.6 Å². The summed E-state index contributed by atoms with van der Waals surface area (Å²) in [6.07, 6.45) is -0.617. The highest BCUT2D eigenvalue weighted by Crippen LogP contribution is 1.91. The van der Waals surface area contributed by atoms with Crippen molar-refractivity contribution in [2.45, 2.75) is 13.8 Å². The zero-order valence-electron chi connectivity index (χ0n) is 10.0. The first kappa shape index (κ1) is 14.7. The van der Waals surface area contributed by atoms with Crippen LogP contribution in [0.4, 0.5) is 4.79 Å². The molecule has 0 atom stereocenters. The molecule has 94 valence electrons. The van der Waals surface area contributed by atoms with E-state index in [1.165, 1.54) is 7.05 Å². The number of aliphatic hydroxyl groups excluding tert-OH is 1. The fourth-order valence-electron chi connectivity index (χ4n) is 0.897. The lowest BCUT2D eigenvalue weighted by atomic mass is 10.2. The van der Waals surface area contributed by atoms with Gasteiger partial charge in [0.05, 0.1) is 6.61 Å². The van der Waals surface area contributed by atoms with Crippen LogP contribution in [0.2, 0.25) is 0 Å². The number of carbonyl (C=O) groups excluding carboxylic acids is 2. The van der Waals surface area contributed by atoms with Gasteiger partial charge in [-0.2, -0.15) is 0 Å². The van der Waals surface area contributed by atoms with Crippen LogP contribution in [-0.2, 0) is 9.53 Å². The van der Waals surface area contributed by atoms with E-state index in [0.717, 1.165) is 4.90 Å². The summed E-state index contributed by atoms with van der Waals surface area (Å²) in [4.78, 5) is 23.7. The predicted molar refractivity (Wildman–Crippen MR) is 58.9 cm³/mol. The molecule has 0 bridgehead atoms. The molecule has 0 aliphatic heterocycles. The number of aliphatic hydroxyl groups is 1. The zero-order valence-corrected chi connectivity index (χ0v) is 10.0. The molecule has 0 aliphatic rings. The van der Waals surface area contributed by atoms with Gasteiger partial charge in [0.25, 0.3) is 0 Å². The minimum absolute atomic E-state index is 0.0447. The number of amides is 2. The molecule has 0 radical (unpaired) electrons. The van der Waals surface area contributed by atoms with E-state index in [-0.39, 0.29) is 25.7 Å². The number of ether oxygens (including phenoxy) is 1. The molecular weight excluding hydrogens is 212 g/mol. The van der Waals surface area contributed by atoms with Gasteiger partial charge in [-0.1, -0.05) is 13.8 Å². The fraction of sp³-hybridized carbons (Fsp3) is 0.800. The van der Waals surface area contributed by atoms with Crippen LogP contribution in [0.15, 0.2) is 0 Å². The summed E-state index contributed by atoms with van der Waals surface area (Å²) in [6, 6.07) is 0. The molecule has 0 aromatic carbocycles. The second kappa shape index (κ2) is 7.92. The smallest absolute Gasteiger partial charge is 0.410 e. The van der Waals surface area contributed by atoms with E-state index in [2.05, 4.69) is 10.1 Å². The Morgan fingerprint density at radius 3 is 2.56 bits per heavy atom. The summed E-state index contributed by atoms with van der Waals surface area (Å²) in [5.74, 6) is 0.146. The number of nitrogens with one attached hydrogen (secondary N) is 1. The molecule has 0 rings (SSSR count). The van der Waals surface area contributed by atoms with E-state index < -0.39 is 6.09 Å². The van der Waals surface area contributed by atoms with Gasteiger partial charge in [-0.25, -0.2) is 4.79 Å². The molecule has 0 spiro atoms. The lowest BCUT2D eigenvalue weighted by Gasteiger charge is -2.16. The van der Waals surface area contributed by atoms with Crippen molar-refractivity contribution in [2.24, 2.45) is 5.92 Å². The fourth-order valence-corrected chi connectivity index (χ4v) is 0.897. The monoisotopic (exact) mass is 232 g/mol. The summed E-state index contributed by atoms with van der Waals surface area (Å²) >= 11 is 0. The largest absolute Gasteiger partial charge is 0.447 e. The van der Waals surface area contributed by atoms with Gasteiger partial charge < -0.3 is 20.1 Å². The summed E-state index contributed by atoms with van der Waals surface area (Å²) in [6.45, 7) is 4.23. The van der Waals surface area contributed by atoms with Crippen molar-refractivity contribution in [1.29, 1.82) is 0 Å². The maximum atomic E-state index is 11.3. The average molecular weight is 232 g/mol. The van der Waals surface area contributed by atoms with Crippen LogP contribution in [0, 0.1) is 5.92 Å². The molecule has 0 saturated carbocycles. The molecule has 0 saturated heterocycles. The second-order valence-electron chi connectivity index (χ2n) is 3.89. The van der Waals surface area contributed by atoms with Crippen molar-refractivity contribution in [3.05, 3.63) is 0 Å². The minimum atomic E-state index is -0.617. The van der Waals surface area contributed by atoms with Crippen LogP contribution in [0.3, 0.4) is 0 Å². The standard InChI is InChI=1S/C10H20N2O4/c1-8(2)6-11-9(14)7-12(3)10(15)16-5-4-13/h8,13H,4-7H2,1-3H3,(H,11,14). The first-order chi connectivity index (χ1) is 7.47. The van der Waals surface area contributed by atoms with E-state index in [4.69, 9.17) is 5.11 Å². The van der Waals surface area contributed by atoms with Gasteiger partial charge in [-0.3, -0.25) is 4.79 Å². The Morgan fingerprint density at radius 2 is 2.06 bits per heavy atom. The van der Waals surface area contributed by atoms with Crippen LogP contribution >= 0.6 is 0 Å². The molecule has 6 nitrogen and oxygen atoms in total. The van der Waals surface area contributed by atoms with Crippen LogP contribution in [0.1, 0.15) is 13.8 Å². The third-order valence-electron chi connectivity index (χ3n) is 1.72. The Kier molecular flexibility index (Phi) is 7.28. The Balaban J connectivity index is 3.80. The Bertz CT molecular complexity index is 231. The molecule has 16 heavy (non-hydrogen) atoms. The maximum Gasteiger partial charge on any atom is 0.410 e. The number of carbonyl (C=O) groups is 2. The summed E-state index contributed by atoms with van der Waals surface area (Å²) in [5.41, 5.74) is 0. The molecule has 0 heterocycles.